The molecule has 1 aromatic heterocycles. The summed E-state index contributed by atoms with van der Waals surface area (Å²) < 4.78 is 4.20. The molecule has 1 saturated heterocycles. The van der Waals surface area contributed by atoms with Crippen molar-refractivity contribution in [1.82, 2.24) is 9.27 Å². The van der Waals surface area contributed by atoms with Crippen molar-refractivity contribution in [2.45, 2.75) is 31.2 Å². The molecule has 2 heterocycles. The first-order valence-electron chi connectivity index (χ1n) is 6.39. The number of anilines is 2. The first kappa shape index (κ1) is 14.0. The average Bonchev–Trinajstić information content (AvgIpc) is 2.93. The Labute approximate surface area is 117 Å². The van der Waals surface area contributed by atoms with E-state index in [2.05, 4.69) is 28.4 Å². The van der Waals surface area contributed by atoms with E-state index in [1.54, 1.807) is 11.8 Å². The second-order valence-electron chi connectivity index (χ2n) is 5.05. The molecule has 2 rings (SSSR count). The zero-order valence-electron chi connectivity index (χ0n) is 11.3. The third-order valence-corrected chi connectivity index (χ3v) is 5.25. The van der Waals surface area contributed by atoms with E-state index in [-0.39, 0.29) is 0 Å². The lowest BCUT2D eigenvalue weighted by Gasteiger charge is -2.20. The molecule has 1 atom stereocenters. The Kier molecular flexibility index (Phi) is 4.75. The number of likely N-dealkylation sites (tertiary alicyclic amines) is 1. The van der Waals surface area contributed by atoms with Crippen LogP contribution in [0.15, 0.2) is 4.90 Å². The summed E-state index contributed by atoms with van der Waals surface area (Å²) >= 11 is 3.14. The smallest absolute Gasteiger partial charge is 0.153 e. The Bertz CT molecular complexity index is 391. The van der Waals surface area contributed by atoms with Crippen molar-refractivity contribution in [2.24, 2.45) is 5.92 Å². The van der Waals surface area contributed by atoms with E-state index in [9.17, 15) is 0 Å². The summed E-state index contributed by atoms with van der Waals surface area (Å²) in [6.07, 6.45) is 3.33. The normalized spacial score (nSPS) is 20.8. The van der Waals surface area contributed by atoms with Crippen molar-refractivity contribution in [1.29, 1.82) is 0 Å². The van der Waals surface area contributed by atoms with Crippen LogP contribution in [-0.4, -0.2) is 41.2 Å². The number of hydrogen-bond acceptors (Lipinski definition) is 6. The van der Waals surface area contributed by atoms with E-state index in [1.807, 2.05) is 6.26 Å². The molecule has 1 unspecified atom stereocenters. The number of nitrogens with two attached hydrogens (primary N) is 1. The molecule has 0 aliphatic carbocycles. The summed E-state index contributed by atoms with van der Waals surface area (Å²) in [5.74, 6) is 1.40. The van der Waals surface area contributed by atoms with Gasteiger partial charge in [0.25, 0.3) is 0 Å². The van der Waals surface area contributed by atoms with Crippen molar-refractivity contribution in [2.75, 3.05) is 36.9 Å². The van der Waals surface area contributed by atoms with Crippen LogP contribution in [0.2, 0.25) is 0 Å². The zero-order valence-corrected chi connectivity index (χ0v) is 12.9. The van der Waals surface area contributed by atoms with Crippen LogP contribution in [0.25, 0.3) is 0 Å². The second kappa shape index (κ2) is 6.12. The van der Waals surface area contributed by atoms with Crippen molar-refractivity contribution in [3.8, 4) is 0 Å². The van der Waals surface area contributed by atoms with Gasteiger partial charge >= 0.3 is 0 Å². The number of rotatable bonds is 5. The van der Waals surface area contributed by atoms with Gasteiger partial charge < -0.3 is 16.0 Å². The Balaban J connectivity index is 1.85. The second-order valence-corrected chi connectivity index (χ2v) is 6.64. The van der Waals surface area contributed by atoms with E-state index in [0.717, 1.165) is 22.4 Å². The Hall–Kier alpha value is -0.460. The fourth-order valence-corrected chi connectivity index (χ4v) is 3.89. The van der Waals surface area contributed by atoms with Gasteiger partial charge in [-0.3, -0.25) is 0 Å². The molecule has 1 aromatic rings. The maximum Gasteiger partial charge on any atom is 0.153 e. The first-order chi connectivity index (χ1) is 8.61. The van der Waals surface area contributed by atoms with Gasteiger partial charge in [0.15, 0.2) is 5.82 Å². The van der Waals surface area contributed by atoms with Crippen LogP contribution in [0.4, 0.5) is 10.8 Å². The van der Waals surface area contributed by atoms with E-state index >= 15 is 0 Å². The molecule has 1 aliphatic heterocycles. The molecule has 0 bridgehead atoms. The molecule has 0 amide bonds. The van der Waals surface area contributed by atoms with E-state index in [1.165, 1.54) is 31.0 Å². The number of aromatic nitrogens is 1. The van der Waals surface area contributed by atoms with E-state index in [0.29, 0.717) is 11.9 Å². The highest BCUT2D eigenvalue weighted by molar-refractivity contribution is 7.99. The van der Waals surface area contributed by atoms with Crippen molar-refractivity contribution in [3.63, 3.8) is 0 Å². The summed E-state index contributed by atoms with van der Waals surface area (Å²) in [7, 11) is 0. The molecule has 4 nitrogen and oxygen atoms in total. The predicted molar refractivity (Wildman–Crippen MR) is 81.6 cm³/mol. The predicted octanol–water partition coefficient (Wildman–Crippen LogP) is 2.59. The Morgan fingerprint density at radius 3 is 3.00 bits per heavy atom. The molecule has 0 radical (unpaired) electrons. The third-order valence-electron chi connectivity index (χ3n) is 3.48. The van der Waals surface area contributed by atoms with E-state index < -0.39 is 0 Å². The minimum Gasteiger partial charge on any atom is -0.382 e. The summed E-state index contributed by atoms with van der Waals surface area (Å²) in [6, 6.07) is 0.663. The van der Waals surface area contributed by atoms with Gasteiger partial charge in [-0.2, -0.15) is 4.37 Å². The van der Waals surface area contributed by atoms with Crippen LogP contribution in [0.3, 0.4) is 0 Å². The van der Waals surface area contributed by atoms with E-state index in [4.69, 9.17) is 5.73 Å². The number of nitrogens with zero attached hydrogens (tertiary/aromatic N) is 2. The van der Waals surface area contributed by atoms with Crippen molar-refractivity contribution in [3.05, 3.63) is 0 Å². The number of hydrogen-bond donors (Lipinski definition) is 2. The van der Waals surface area contributed by atoms with Crippen LogP contribution < -0.4 is 11.1 Å². The quantitative estimate of drug-likeness (QED) is 0.815. The summed E-state index contributed by atoms with van der Waals surface area (Å²) in [5.41, 5.74) is 5.83. The highest BCUT2D eigenvalue weighted by atomic mass is 32.2. The van der Waals surface area contributed by atoms with Crippen LogP contribution >= 0.6 is 23.3 Å². The van der Waals surface area contributed by atoms with Crippen LogP contribution in [0.1, 0.15) is 20.3 Å². The monoisotopic (exact) mass is 286 g/mol. The average molecular weight is 286 g/mol. The maximum atomic E-state index is 5.83. The van der Waals surface area contributed by atoms with Crippen LogP contribution in [0, 0.1) is 5.92 Å². The van der Waals surface area contributed by atoms with Crippen LogP contribution in [-0.2, 0) is 0 Å². The Morgan fingerprint density at radius 1 is 1.61 bits per heavy atom. The number of nitrogen functional groups attached to an aromatic ring is 1. The zero-order chi connectivity index (χ0) is 13.1. The number of nitrogens with one attached hydrogen (secondary N) is 1. The minimum atomic E-state index is 0.658. The SMILES string of the molecule is CSc1c(N)nsc1NCC1CCN(C(C)C)C1. The van der Waals surface area contributed by atoms with Gasteiger partial charge in [0.1, 0.15) is 5.00 Å². The van der Waals surface area contributed by atoms with Crippen LogP contribution in [0.5, 0.6) is 0 Å². The first-order valence-corrected chi connectivity index (χ1v) is 8.38. The maximum absolute atomic E-state index is 5.83. The topological polar surface area (TPSA) is 54.2 Å². The van der Waals surface area contributed by atoms with Gasteiger partial charge in [-0.05, 0) is 50.5 Å². The molecule has 0 aromatic carbocycles. The molecule has 18 heavy (non-hydrogen) atoms. The lowest BCUT2D eigenvalue weighted by Crippen LogP contribution is -2.29. The highest BCUT2D eigenvalue weighted by Crippen LogP contribution is 2.34. The molecule has 102 valence electrons. The summed E-state index contributed by atoms with van der Waals surface area (Å²) in [4.78, 5) is 3.64. The van der Waals surface area contributed by atoms with Gasteiger partial charge in [-0.25, -0.2) is 0 Å². The lowest BCUT2D eigenvalue weighted by atomic mass is 10.1. The van der Waals surface area contributed by atoms with Gasteiger partial charge in [-0.1, -0.05) is 0 Å². The molecular weight excluding hydrogens is 264 g/mol. The van der Waals surface area contributed by atoms with Gasteiger partial charge in [0.05, 0.1) is 4.90 Å². The lowest BCUT2D eigenvalue weighted by molar-refractivity contribution is 0.266. The molecular formula is C12H22N4S2. The molecule has 0 spiro atoms. The highest BCUT2D eigenvalue weighted by Gasteiger charge is 2.24. The van der Waals surface area contributed by atoms with Gasteiger partial charge in [0, 0.05) is 19.1 Å². The minimum absolute atomic E-state index is 0.658. The van der Waals surface area contributed by atoms with Crippen molar-refractivity contribution < 1.29 is 0 Å². The summed E-state index contributed by atoms with van der Waals surface area (Å²) in [5, 5.41) is 4.64. The fourth-order valence-electron chi connectivity index (χ4n) is 2.34. The molecule has 0 saturated carbocycles. The molecule has 1 aliphatic rings. The molecule has 1 fully saturated rings. The summed E-state index contributed by atoms with van der Waals surface area (Å²) in [6.45, 7) is 7.99. The molecule has 3 N–H and O–H groups in total. The number of thioether (sulfide) groups is 1. The standard InChI is InChI=1S/C12H22N4S2/c1-8(2)16-5-4-9(7-16)6-14-12-10(17-3)11(13)15-18-12/h8-9,14H,4-7H2,1-3H3,(H2,13,15). The van der Waals surface area contributed by atoms with Crippen molar-refractivity contribution >= 4 is 34.1 Å². The third kappa shape index (κ3) is 3.10. The van der Waals surface area contributed by atoms with Gasteiger partial charge in [-0.15, -0.1) is 11.8 Å². The Morgan fingerprint density at radius 2 is 2.39 bits per heavy atom. The molecule has 6 heteroatoms. The largest absolute Gasteiger partial charge is 0.382 e. The van der Waals surface area contributed by atoms with Gasteiger partial charge in [0.2, 0.25) is 0 Å². The fraction of sp³-hybridized carbons (Fsp3) is 0.750.